The minimum Gasteiger partial charge on any atom is -0.494 e. The molecule has 2 heteroatoms. The summed E-state index contributed by atoms with van der Waals surface area (Å²) >= 11 is 0. The molecule has 0 saturated heterocycles. The van der Waals surface area contributed by atoms with Gasteiger partial charge < -0.3 is 9.47 Å². The molecule has 2 nitrogen and oxygen atoms in total. The Bertz CT molecular complexity index is 424. The van der Waals surface area contributed by atoms with Crippen molar-refractivity contribution in [2.45, 2.75) is 34.1 Å². The summed E-state index contributed by atoms with van der Waals surface area (Å²) in [5.74, 6) is 2.04. The molecule has 2 heterocycles. The first kappa shape index (κ1) is 14.0. The summed E-state index contributed by atoms with van der Waals surface area (Å²) in [5.41, 5.74) is 1.50. The molecule has 0 spiro atoms. The Morgan fingerprint density at radius 2 is 1.89 bits per heavy atom. The summed E-state index contributed by atoms with van der Waals surface area (Å²) in [6.07, 6.45) is 13.0. The Hall–Kier alpha value is -1.44. The van der Waals surface area contributed by atoms with Gasteiger partial charge in [-0.2, -0.15) is 0 Å². The van der Waals surface area contributed by atoms with Crippen molar-refractivity contribution in [2.24, 2.45) is 17.3 Å². The van der Waals surface area contributed by atoms with Crippen LogP contribution >= 0.6 is 0 Å². The molecule has 0 fully saturated rings. The predicted octanol–water partition coefficient (Wildman–Crippen LogP) is 4.57. The Morgan fingerprint density at radius 1 is 1.21 bits per heavy atom. The molecular formula is C17H24O2. The maximum atomic E-state index is 5.89. The average molecular weight is 260 g/mol. The normalized spacial score (nSPS) is 19.8. The smallest absolute Gasteiger partial charge is 0.109 e. The molecule has 0 amide bonds. The zero-order chi connectivity index (χ0) is 13.9. The number of rotatable bonds is 4. The predicted molar refractivity (Wildman–Crippen MR) is 78.2 cm³/mol. The van der Waals surface area contributed by atoms with Crippen molar-refractivity contribution in [3.63, 3.8) is 0 Å². The van der Waals surface area contributed by atoms with Crippen molar-refractivity contribution < 1.29 is 9.47 Å². The van der Waals surface area contributed by atoms with Gasteiger partial charge in [0.1, 0.15) is 6.61 Å². The third kappa shape index (κ3) is 3.52. The highest BCUT2D eigenvalue weighted by molar-refractivity contribution is 5.22. The number of allylic oxidation sites excluding steroid dienone is 5. The zero-order valence-corrected chi connectivity index (χ0v) is 12.3. The van der Waals surface area contributed by atoms with E-state index in [0.29, 0.717) is 11.8 Å². The van der Waals surface area contributed by atoms with Crippen LogP contribution in [-0.2, 0) is 9.47 Å². The molecule has 0 aromatic rings. The maximum absolute atomic E-state index is 5.89. The van der Waals surface area contributed by atoms with E-state index in [9.17, 15) is 0 Å². The second kappa shape index (κ2) is 5.68. The fraction of sp³-hybridized carbons (Fsp3) is 0.529. The SMILES string of the molecule is CC(C)C1=CC=C(CC(C)(C)C2C=COC=C2)OC1. The Labute approximate surface area is 116 Å². The van der Waals surface area contributed by atoms with Gasteiger partial charge in [0.15, 0.2) is 0 Å². The molecule has 2 rings (SSSR count). The minimum absolute atomic E-state index is 0.131. The van der Waals surface area contributed by atoms with Crippen LogP contribution in [0.5, 0.6) is 0 Å². The van der Waals surface area contributed by atoms with E-state index in [0.717, 1.165) is 18.8 Å². The van der Waals surface area contributed by atoms with E-state index in [4.69, 9.17) is 9.47 Å². The molecule has 0 unspecified atom stereocenters. The van der Waals surface area contributed by atoms with Crippen LogP contribution in [0.1, 0.15) is 34.1 Å². The van der Waals surface area contributed by atoms with Crippen LogP contribution in [-0.4, -0.2) is 6.61 Å². The summed E-state index contributed by atoms with van der Waals surface area (Å²) in [4.78, 5) is 0. The van der Waals surface area contributed by atoms with Gasteiger partial charge in [-0.25, -0.2) is 0 Å². The second-order valence-corrected chi connectivity index (χ2v) is 6.30. The quantitative estimate of drug-likeness (QED) is 0.737. The van der Waals surface area contributed by atoms with E-state index in [1.54, 1.807) is 12.5 Å². The molecule has 104 valence electrons. The summed E-state index contributed by atoms with van der Waals surface area (Å²) in [7, 11) is 0. The molecule has 0 atom stereocenters. The first-order chi connectivity index (χ1) is 8.99. The molecule has 19 heavy (non-hydrogen) atoms. The molecule has 2 aliphatic rings. The first-order valence-corrected chi connectivity index (χ1v) is 7.00. The molecule has 0 aromatic heterocycles. The third-order valence-electron chi connectivity index (χ3n) is 3.91. The van der Waals surface area contributed by atoms with E-state index in [2.05, 4.69) is 52.0 Å². The summed E-state index contributed by atoms with van der Waals surface area (Å²) < 4.78 is 11.0. The molecular weight excluding hydrogens is 236 g/mol. The standard InChI is InChI=1S/C17H24O2/c1-13(2)14-5-6-16(19-12-14)11-17(3,4)15-7-9-18-10-8-15/h5-10,13,15H,11-12H2,1-4H3. The van der Waals surface area contributed by atoms with Gasteiger partial charge >= 0.3 is 0 Å². The van der Waals surface area contributed by atoms with Crippen LogP contribution < -0.4 is 0 Å². The largest absolute Gasteiger partial charge is 0.494 e. The molecule has 0 saturated carbocycles. The van der Waals surface area contributed by atoms with Gasteiger partial charge in [0.25, 0.3) is 0 Å². The first-order valence-electron chi connectivity index (χ1n) is 7.00. The van der Waals surface area contributed by atoms with Gasteiger partial charge in [-0.3, -0.25) is 0 Å². The van der Waals surface area contributed by atoms with Gasteiger partial charge in [-0.1, -0.05) is 33.8 Å². The van der Waals surface area contributed by atoms with Gasteiger partial charge in [0.05, 0.1) is 18.3 Å². The van der Waals surface area contributed by atoms with Gasteiger partial charge in [0.2, 0.25) is 0 Å². The molecule has 0 bridgehead atoms. The van der Waals surface area contributed by atoms with Gasteiger partial charge in [0, 0.05) is 12.3 Å². The highest BCUT2D eigenvalue weighted by Crippen LogP contribution is 2.38. The van der Waals surface area contributed by atoms with Crippen molar-refractivity contribution in [2.75, 3.05) is 6.61 Å². The monoisotopic (exact) mass is 260 g/mol. The molecule has 2 aliphatic heterocycles. The fourth-order valence-electron chi connectivity index (χ4n) is 2.40. The van der Waals surface area contributed by atoms with Crippen LogP contribution in [0.2, 0.25) is 0 Å². The molecule has 0 aromatic carbocycles. The second-order valence-electron chi connectivity index (χ2n) is 6.30. The van der Waals surface area contributed by atoms with Crippen LogP contribution in [0, 0.1) is 17.3 Å². The number of hydrogen-bond acceptors (Lipinski definition) is 2. The minimum atomic E-state index is 0.131. The Balaban J connectivity index is 2.03. The van der Waals surface area contributed by atoms with Crippen molar-refractivity contribution in [3.8, 4) is 0 Å². The van der Waals surface area contributed by atoms with Crippen LogP contribution in [0.25, 0.3) is 0 Å². The van der Waals surface area contributed by atoms with E-state index < -0.39 is 0 Å². The summed E-state index contributed by atoms with van der Waals surface area (Å²) in [5, 5.41) is 0. The van der Waals surface area contributed by atoms with Crippen LogP contribution in [0.15, 0.2) is 48.2 Å². The lowest BCUT2D eigenvalue weighted by molar-refractivity contribution is 0.169. The topological polar surface area (TPSA) is 18.5 Å². The number of ether oxygens (including phenoxy) is 2. The average Bonchev–Trinajstić information content (AvgIpc) is 2.40. The lowest BCUT2D eigenvalue weighted by Crippen LogP contribution is -2.24. The van der Waals surface area contributed by atoms with Crippen molar-refractivity contribution >= 4 is 0 Å². The summed E-state index contributed by atoms with van der Waals surface area (Å²) in [6, 6.07) is 0. The molecule has 0 N–H and O–H groups in total. The van der Waals surface area contributed by atoms with Crippen molar-refractivity contribution in [1.29, 1.82) is 0 Å². The van der Waals surface area contributed by atoms with Crippen molar-refractivity contribution in [3.05, 3.63) is 48.2 Å². The Morgan fingerprint density at radius 3 is 2.42 bits per heavy atom. The molecule has 0 radical (unpaired) electrons. The maximum Gasteiger partial charge on any atom is 0.109 e. The van der Waals surface area contributed by atoms with E-state index in [1.165, 1.54) is 5.57 Å². The third-order valence-corrected chi connectivity index (χ3v) is 3.91. The van der Waals surface area contributed by atoms with Gasteiger partial charge in [-0.05, 0) is 35.1 Å². The van der Waals surface area contributed by atoms with Crippen LogP contribution in [0.3, 0.4) is 0 Å². The highest BCUT2D eigenvalue weighted by atomic mass is 16.5. The molecule has 0 aliphatic carbocycles. The summed E-state index contributed by atoms with van der Waals surface area (Å²) in [6.45, 7) is 9.68. The van der Waals surface area contributed by atoms with E-state index in [-0.39, 0.29) is 5.41 Å². The Kier molecular flexibility index (Phi) is 4.18. The van der Waals surface area contributed by atoms with E-state index >= 15 is 0 Å². The number of hydrogen-bond donors (Lipinski definition) is 0. The zero-order valence-electron chi connectivity index (χ0n) is 12.3. The van der Waals surface area contributed by atoms with Crippen molar-refractivity contribution in [1.82, 2.24) is 0 Å². The van der Waals surface area contributed by atoms with E-state index in [1.807, 2.05) is 0 Å². The highest BCUT2D eigenvalue weighted by Gasteiger charge is 2.29. The fourth-order valence-corrected chi connectivity index (χ4v) is 2.40. The van der Waals surface area contributed by atoms with Gasteiger partial charge in [-0.15, -0.1) is 0 Å². The lowest BCUT2D eigenvalue weighted by Gasteiger charge is -2.33. The lowest BCUT2D eigenvalue weighted by atomic mass is 9.75. The van der Waals surface area contributed by atoms with Crippen LogP contribution in [0.4, 0.5) is 0 Å².